The van der Waals surface area contributed by atoms with Gasteiger partial charge in [0, 0.05) is 12.3 Å². The zero-order chi connectivity index (χ0) is 15.1. The minimum absolute atomic E-state index is 0.684. The average Bonchev–Trinajstić information content (AvgIpc) is 2.62. The van der Waals surface area contributed by atoms with Crippen molar-refractivity contribution in [3.05, 3.63) is 45.8 Å². The number of aromatic amines is 1. The van der Waals surface area contributed by atoms with Crippen LogP contribution in [0.2, 0.25) is 0 Å². The van der Waals surface area contributed by atoms with Gasteiger partial charge in [-0.2, -0.15) is 0 Å². The molecule has 1 aliphatic rings. The molecule has 4 atom stereocenters. The van der Waals surface area contributed by atoms with Gasteiger partial charge in [-0.25, -0.2) is 9.18 Å². The molecule has 1 aliphatic heterocycles. The summed E-state index contributed by atoms with van der Waals surface area (Å²) in [6.07, 6.45) is -2.09. The first kappa shape index (κ1) is 14.6. The maximum atomic E-state index is 14.1. The number of rotatable bonds is 3. The highest BCUT2D eigenvalue weighted by Crippen LogP contribution is 2.45. The topological polar surface area (TPSA) is 125 Å². The second kappa shape index (κ2) is 4.63. The lowest BCUT2D eigenvalue weighted by Gasteiger charge is -2.28. The van der Waals surface area contributed by atoms with E-state index in [-0.39, 0.29) is 0 Å². The second-order valence-corrected chi connectivity index (χ2v) is 4.43. The maximum absolute atomic E-state index is 14.1. The van der Waals surface area contributed by atoms with Crippen LogP contribution in [-0.4, -0.2) is 49.0 Å². The first-order valence-electron chi connectivity index (χ1n) is 5.61. The molecule has 20 heavy (non-hydrogen) atoms. The van der Waals surface area contributed by atoms with Gasteiger partial charge in [-0.05, 0) is 0 Å². The molecule has 0 aliphatic carbocycles. The molecule has 2 heterocycles. The highest BCUT2D eigenvalue weighted by atomic mass is 19.2. The Kier molecular flexibility index (Phi) is 3.38. The van der Waals surface area contributed by atoms with E-state index >= 15 is 0 Å². The SMILES string of the molecule is C=C[C@]1(O)[C@H](n2ccc(=O)[nH]c2=O)O[C@](F)(CO)[C@H]1O. The van der Waals surface area contributed by atoms with Gasteiger partial charge in [0.25, 0.3) is 11.4 Å². The molecule has 0 spiro atoms. The quantitative estimate of drug-likeness (QED) is 0.477. The van der Waals surface area contributed by atoms with Crippen LogP contribution in [0.3, 0.4) is 0 Å². The maximum Gasteiger partial charge on any atom is 0.330 e. The molecular weight excluding hydrogens is 275 g/mol. The van der Waals surface area contributed by atoms with Gasteiger partial charge < -0.3 is 20.1 Å². The average molecular weight is 288 g/mol. The summed E-state index contributed by atoms with van der Waals surface area (Å²) in [6, 6.07) is 0.956. The molecule has 0 radical (unpaired) electrons. The summed E-state index contributed by atoms with van der Waals surface area (Å²) in [5, 5.41) is 29.0. The van der Waals surface area contributed by atoms with Crippen molar-refractivity contribution in [1.82, 2.24) is 9.55 Å². The third-order valence-electron chi connectivity index (χ3n) is 3.20. The second-order valence-electron chi connectivity index (χ2n) is 4.43. The molecule has 1 fully saturated rings. The van der Waals surface area contributed by atoms with Gasteiger partial charge >= 0.3 is 5.69 Å². The third-order valence-corrected chi connectivity index (χ3v) is 3.20. The lowest BCUT2D eigenvalue weighted by Crippen LogP contribution is -2.50. The summed E-state index contributed by atoms with van der Waals surface area (Å²) < 4.78 is 19.6. The number of H-pyrrole nitrogens is 1. The Hall–Kier alpha value is -1.81. The number of nitrogens with zero attached hydrogens (tertiary/aromatic N) is 1. The standard InChI is InChI=1S/C11H13FN2O6/c1-2-10(19)7(17)11(12,5-15)20-8(10)14-4-3-6(16)13-9(14)18/h2-4,7-8,15,17,19H,1,5H2,(H,13,16,18)/t7-,8+,10+,11+/m0/s1. The Bertz CT molecular complexity index is 642. The Morgan fingerprint density at radius 1 is 1.60 bits per heavy atom. The van der Waals surface area contributed by atoms with Crippen LogP contribution < -0.4 is 11.2 Å². The van der Waals surface area contributed by atoms with E-state index in [2.05, 4.69) is 6.58 Å². The number of hydrogen-bond acceptors (Lipinski definition) is 6. The zero-order valence-electron chi connectivity index (χ0n) is 10.2. The molecule has 1 aromatic heterocycles. The van der Waals surface area contributed by atoms with Crippen molar-refractivity contribution in [3.8, 4) is 0 Å². The normalized spacial score (nSPS) is 37.0. The minimum Gasteiger partial charge on any atom is -0.390 e. The van der Waals surface area contributed by atoms with Crippen molar-refractivity contribution in [2.24, 2.45) is 0 Å². The van der Waals surface area contributed by atoms with Gasteiger partial charge in [0.2, 0.25) is 0 Å². The van der Waals surface area contributed by atoms with Crippen LogP contribution in [-0.2, 0) is 4.74 Å². The summed E-state index contributed by atoms with van der Waals surface area (Å²) >= 11 is 0. The Morgan fingerprint density at radius 2 is 2.25 bits per heavy atom. The Morgan fingerprint density at radius 3 is 2.75 bits per heavy atom. The van der Waals surface area contributed by atoms with E-state index in [1.165, 1.54) is 0 Å². The van der Waals surface area contributed by atoms with Crippen molar-refractivity contribution in [3.63, 3.8) is 0 Å². The molecule has 9 heteroatoms. The molecule has 1 saturated heterocycles. The van der Waals surface area contributed by atoms with E-state index in [4.69, 9.17) is 9.84 Å². The van der Waals surface area contributed by atoms with Crippen LogP contribution in [0.15, 0.2) is 34.5 Å². The van der Waals surface area contributed by atoms with Gasteiger partial charge in [-0.1, -0.05) is 12.7 Å². The fourth-order valence-electron chi connectivity index (χ4n) is 2.05. The molecule has 0 amide bonds. The van der Waals surface area contributed by atoms with Crippen molar-refractivity contribution < 1.29 is 24.4 Å². The molecule has 4 N–H and O–H groups in total. The van der Waals surface area contributed by atoms with Crippen LogP contribution in [0, 0.1) is 0 Å². The number of ether oxygens (including phenoxy) is 1. The number of aliphatic hydroxyl groups excluding tert-OH is 2. The largest absolute Gasteiger partial charge is 0.390 e. The summed E-state index contributed by atoms with van der Waals surface area (Å²) in [6.45, 7) is 2.02. The molecule has 110 valence electrons. The highest BCUT2D eigenvalue weighted by Gasteiger charge is 2.63. The predicted octanol–water partition coefficient (Wildman–Crippen LogP) is -2.00. The number of aliphatic hydroxyl groups is 3. The lowest BCUT2D eigenvalue weighted by molar-refractivity contribution is -0.207. The van der Waals surface area contributed by atoms with Gasteiger partial charge in [-0.3, -0.25) is 14.3 Å². The van der Waals surface area contributed by atoms with E-state index in [1.807, 2.05) is 4.98 Å². The molecule has 2 rings (SSSR count). The van der Waals surface area contributed by atoms with E-state index in [1.54, 1.807) is 0 Å². The van der Waals surface area contributed by atoms with Gasteiger partial charge in [0.05, 0.1) is 0 Å². The van der Waals surface area contributed by atoms with E-state index in [0.29, 0.717) is 4.57 Å². The minimum atomic E-state index is -2.97. The summed E-state index contributed by atoms with van der Waals surface area (Å²) in [4.78, 5) is 24.5. The molecule has 0 unspecified atom stereocenters. The van der Waals surface area contributed by atoms with Gasteiger partial charge in [0.1, 0.15) is 6.61 Å². The van der Waals surface area contributed by atoms with Crippen LogP contribution in [0.25, 0.3) is 0 Å². The van der Waals surface area contributed by atoms with Crippen LogP contribution in [0.1, 0.15) is 6.23 Å². The summed E-state index contributed by atoms with van der Waals surface area (Å²) in [5.41, 5.74) is -4.03. The van der Waals surface area contributed by atoms with Crippen LogP contribution >= 0.6 is 0 Å². The van der Waals surface area contributed by atoms with Gasteiger partial charge in [-0.15, -0.1) is 0 Å². The molecule has 0 aromatic carbocycles. The summed E-state index contributed by atoms with van der Waals surface area (Å²) in [5.74, 6) is -2.97. The first-order valence-corrected chi connectivity index (χ1v) is 5.61. The van der Waals surface area contributed by atoms with Gasteiger partial charge in [0.15, 0.2) is 17.9 Å². The molecular formula is C11H13FN2O6. The van der Waals surface area contributed by atoms with Crippen LogP contribution in [0.5, 0.6) is 0 Å². The fraction of sp³-hybridized carbons (Fsp3) is 0.455. The molecule has 0 saturated carbocycles. The van der Waals surface area contributed by atoms with E-state index in [9.17, 15) is 24.2 Å². The van der Waals surface area contributed by atoms with Crippen molar-refractivity contribution in [1.29, 1.82) is 0 Å². The molecule has 1 aromatic rings. The Balaban J connectivity index is 2.58. The van der Waals surface area contributed by atoms with Crippen LogP contribution in [0.4, 0.5) is 4.39 Å². The zero-order valence-corrected chi connectivity index (χ0v) is 10.2. The number of alkyl halides is 1. The number of halogens is 1. The smallest absolute Gasteiger partial charge is 0.330 e. The number of hydrogen-bond donors (Lipinski definition) is 4. The van der Waals surface area contributed by atoms with E-state index < -0.39 is 41.6 Å². The molecule has 8 nitrogen and oxygen atoms in total. The van der Waals surface area contributed by atoms with Crippen molar-refractivity contribution >= 4 is 0 Å². The number of nitrogens with one attached hydrogen (secondary N) is 1. The number of aromatic nitrogens is 2. The Labute approximate surface area is 111 Å². The lowest BCUT2D eigenvalue weighted by atomic mass is 9.93. The van der Waals surface area contributed by atoms with E-state index in [0.717, 1.165) is 18.3 Å². The fourth-order valence-corrected chi connectivity index (χ4v) is 2.05. The highest BCUT2D eigenvalue weighted by molar-refractivity contribution is 5.14. The predicted molar refractivity (Wildman–Crippen MR) is 63.5 cm³/mol. The monoisotopic (exact) mass is 288 g/mol. The first-order chi connectivity index (χ1) is 9.28. The van der Waals surface area contributed by atoms with Crippen molar-refractivity contribution in [2.45, 2.75) is 23.8 Å². The summed E-state index contributed by atoms with van der Waals surface area (Å²) in [7, 11) is 0. The van der Waals surface area contributed by atoms with Crippen molar-refractivity contribution in [2.75, 3.05) is 6.61 Å². The molecule has 0 bridgehead atoms. The third kappa shape index (κ3) is 1.91.